The second kappa shape index (κ2) is 7.66. The maximum Gasteiger partial charge on any atom is 0.349 e. The molecule has 0 bridgehead atoms. The Morgan fingerprint density at radius 2 is 1.93 bits per heavy atom. The fraction of sp³-hybridized carbons (Fsp3) is 0.333. The van der Waals surface area contributed by atoms with Gasteiger partial charge in [0.05, 0.1) is 5.56 Å². The first-order valence-electron chi connectivity index (χ1n) is 9.83. The van der Waals surface area contributed by atoms with E-state index in [0.29, 0.717) is 33.8 Å². The molecule has 1 aromatic carbocycles. The van der Waals surface area contributed by atoms with Crippen LogP contribution in [0.1, 0.15) is 38.2 Å². The smallest absolute Gasteiger partial charge is 0.349 e. The highest BCUT2D eigenvalue weighted by atomic mass is 16.4. The number of aryl methyl sites for hydroxylation is 1. The molecule has 0 saturated heterocycles. The molecule has 156 valence electrons. The van der Waals surface area contributed by atoms with Gasteiger partial charge in [-0.2, -0.15) is 4.68 Å². The third kappa shape index (κ3) is 3.54. The van der Waals surface area contributed by atoms with Crippen LogP contribution in [0.4, 0.5) is 5.69 Å². The summed E-state index contributed by atoms with van der Waals surface area (Å²) < 4.78 is 5.78. The van der Waals surface area contributed by atoms with Gasteiger partial charge in [-0.3, -0.25) is 14.6 Å². The monoisotopic (exact) mass is 410 g/mol. The number of nitrogen functional groups attached to an aromatic ring is 1. The Labute approximate surface area is 170 Å². The molecule has 1 aliphatic carbocycles. The number of amides is 1. The van der Waals surface area contributed by atoms with Crippen molar-refractivity contribution < 1.29 is 9.21 Å². The highest BCUT2D eigenvalue weighted by molar-refractivity contribution is 5.89. The summed E-state index contributed by atoms with van der Waals surface area (Å²) in [6.45, 7) is 1.41. The van der Waals surface area contributed by atoms with Gasteiger partial charge in [0, 0.05) is 12.6 Å². The van der Waals surface area contributed by atoms with Crippen LogP contribution in [0.3, 0.4) is 0 Å². The van der Waals surface area contributed by atoms with E-state index in [0.717, 1.165) is 19.3 Å². The number of benzene rings is 1. The van der Waals surface area contributed by atoms with E-state index in [9.17, 15) is 19.2 Å². The Bertz CT molecular complexity index is 1300. The number of hydrogen-bond donors (Lipinski definition) is 3. The van der Waals surface area contributed by atoms with Crippen LogP contribution in [0.2, 0.25) is 0 Å². The molecule has 4 N–H and O–H groups in total. The molecule has 0 atom stereocenters. The van der Waals surface area contributed by atoms with E-state index in [2.05, 4.69) is 10.3 Å². The van der Waals surface area contributed by atoms with Gasteiger partial charge in [0.15, 0.2) is 0 Å². The number of carbonyl (C=O) groups excluding carboxylic acids is 1. The number of aromatic nitrogens is 2. The first kappa shape index (κ1) is 19.7. The van der Waals surface area contributed by atoms with E-state index in [1.54, 1.807) is 24.3 Å². The van der Waals surface area contributed by atoms with Crippen LogP contribution in [-0.4, -0.2) is 15.6 Å². The van der Waals surface area contributed by atoms with Crippen molar-refractivity contribution in [2.45, 2.75) is 39.0 Å². The lowest BCUT2D eigenvalue weighted by Gasteiger charge is -2.25. The third-order valence-electron chi connectivity index (χ3n) is 5.62. The standard InChI is InChI=1S/C21H22N4O5/c1-11(26)23-14-8-6-13(7-9-14)16-15(10-5-12-3-2-4-12)17-18(30-20(16)28)24-21(29)25(22)19(17)27/h6-9,12H,2-5,10,22H2,1H3,(H,23,26)(H,24,29). The van der Waals surface area contributed by atoms with Crippen molar-refractivity contribution >= 4 is 22.7 Å². The molecule has 9 heteroatoms. The van der Waals surface area contributed by atoms with Gasteiger partial charge in [-0.1, -0.05) is 31.4 Å². The molecular formula is C21H22N4O5. The first-order valence-corrected chi connectivity index (χ1v) is 9.83. The van der Waals surface area contributed by atoms with Crippen molar-refractivity contribution in [3.63, 3.8) is 0 Å². The van der Waals surface area contributed by atoms with Crippen LogP contribution in [0.15, 0.2) is 43.1 Å². The van der Waals surface area contributed by atoms with Crippen LogP contribution in [-0.2, 0) is 11.2 Å². The Hall–Kier alpha value is -3.62. The van der Waals surface area contributed by atoms with Crippen LogP contribution in [0, 0.1) is 5.92 Å². The molecule has 1 fully saturated rings. The van der Waals surface area contributed by atoms with E-state index in [1.807, 2.05) is 0 Å². The second-order valence-corrected chi connectivity index (χ2v) is 7.65. The Balaban J connectivity index is 1.91. The number of anilines is 1. The van der Waals surface area contributed by atoms with Gasteiger partial charge < -0.3 is 15.6 Å². The Kier molecular flexibility index (Phi) is 5.03. The van der Waals surface area contributed by atoms with Gasteiger partial charge in [-0.15, -0.1) is 0 Å². The van der Waals surface area contributed by atoms with E-state index in [1.165, 1.54) is 13.3 Å². The number of carbonyl (C=O) groups is 1. The number of hydrogen-bond acceptors (Lipinski definition) is 6. The van der Waals surface area contributed by atoms with Crippen LogP contribution < -0.4 is 28.0 Å². The Morgan fingerprint density at radius 1 is 1.23 bits per heavy atom. The molecule has 1 amide bonds. The van der Waals surface area contributed by atoms with Crippen molar-refractivity contribution in [2.75, 3.05) is 11.2 Å². The van der Waals surface area contributed by atoms with E-state index >= 15 is 0 Å². The molecule has 1 aliphatic rings. The van der Waals surface area contributed by atoms with Crippen molar-refractivity contribution in [1.82, 2.24) is 9.66 Å². The highest BCUT2D eigenvalue weighted by Gasteiger charge is 2.23. The lowest BCUT2D eigenvalue weighted by molar-refractivity contribution is -0.114. The SMILES string of the molecule is CC(=O)Nc1ccc(-c2c(CCC3CCC3)c3c(=O)n(N)c(=O)[nH]c3oc2=O)cc1. The maximum absolute atomic E-state index is 12.9. The fourth-order valence-corrected chi connectivity index (χ4v) is 3.86. The lowest BCUT2D eigenvalue weighted by atomic mass is 9.80. The summed E-state index contributed by atoms with van der Waals surface area (Å²) >= 11 is 0. The average molecular weight is 410 g/mol. The van der Waals surface area contributed by atoms with E-state index in [-0.39, 0.29) is 22.6 Å². The maximum atomic E-state index is 12.9. The zero-order valence-corrected chi connectivity index (χ0v) is 16.5. The number of nitrogens with two attached hydrogens (primary N) is 1. The van der Waals surface area contributed by atoms with Gasteiger partial charge in [0.25, 0.3) is 5.56 Å². The van der Waals surface area contributed by atoms with Crippen molar-refractivity contribution in [1.29, 1.82) is 0 Å². The van der Waals surface area contributed by atoms with Gasteiger partial charge >= 0.3 is 11.3 Å². The molecular weight excluding hydrogens is 388 g/mol. The summed E-state index contributed by atoms with van der Waals surface area (Å²) in [4.78, 5) is 51.1. The molecule has 0 aliphatic heterocycles. The van der Waals surface area contributed by atoms with Gasteiger partial charge in [0.1, 0.15) is 5.39 Å². The molecule has 3 aromatic rings. The normalized spacial score (nSPS) is 13.9. The summed E-state index contributed by atoms with van der Waals surface area (Å²) in [5, 5.41) is 2.78. The van der Waals surface area contributed by atoms with Gasteiger partial charge in [-0.25, -0.2) is 9.59 Å². The number of H-pyrrole nitrogens is 1. The number of rotatable bonds is 5. The summed E-state index contributed by atoms with van der Waals surface area (Å²) in [6.07, 6.45) is 4.73. The molecule has 0 spiro atoms. The minimum Gasteiger partial charge on any atom is -0.405 e. The number of nitrogens with zero attached hydrogens (tertiary/aromatic N) is 1. The van der Waals surface area contributed by atoms with Gasteiger partial charge in [0.2, 0.25) is 11.6 Å². The predicted molar refractivity (Wildman–Crippen MR) is 113 cm³/mol. The molecule has 0 radical (unpaired) electrons. The average Bonchev–Trinajstić information content (AvgIpc) is 2.65. The summed E-state index contributed by atoms with van der Waals surface area (Å²) in [5.41, 5.74) is -0.466. The Morgan fingerprint density at radius 3 is 2.53 bits per heavy atom. The summed E-state index contributed by atoms with van der Waals surface area (Å²) in [7, 11) is 0. The first-order chi connectivity index (χ1) is 14.3. The summed E-state index contributed by atoms with van der Waals surface area (Å²) in [5.74, 6) is 5.94. The van der Waals surface area contributed by atoms with Gasteiger partial charge in [-0.05, 0) is 42.0 Å². The topological polar surface area (TPSA) is 140 Å². The van der Waals surface area contributed by atoms with Crippen LogP contribution in [0.25, 0.3) is 22.2 Å². The van der Waals surface area contributed by atoms with Crippen molar-refractivity contribution in [3.05, 3.63) is 61.1 Å². The molecule has 30 heavy (non-hydrogen) atoms. The number of fused-ring (bicyclic) bond motifs is 1. The van der Waals surface area contributed by atoms with E-state index < -0.39 is 16.9 Å². The second-order valence-electron chi connectivity index (χ2n) is 7.65. The molecule has 4 rings (SSSR count). The molecule has 9 nitrogen and oxygen atoms in total. The molecule has 0 unspecified atom stereocenters. The number of aromatic amines is 1. The highest BCUT2D eigenvalue weighted by Crippen LogP contribution is 2.33. The fourth-order valence-electron chi connectivity index (χ4n) is 3.86. The zero-order chi connectivity index (χ0) is 21.4. The molecule has 2 heterocycles. The zero-order valence-electron chi connectivity index (χ0n) is 16.5. The largest absolute Gasteiger partial charge is 0.405 e. The predicted octanol–water partition coefficient (Wildman–Crippen LogP) is 1.71. The minimum absolute atomic E-state index is 0.108. The molecule has 1 saturated carbocycles. The minimum atomic E-state index is -0.854. The third-order valence-corrected chi connectivity index (χ3v) is 5.62. The quantitative estimate of drug-likeness (QED) is 0.547. The summed E-state index contributed by atoms with van der Waals surface area (Å²) in [6, 6.07) is 6.71. The lowest BCUT2D eigenvalue weighted by Crippen LogP contribution is -2.41. The van der Waals surface area contributed by atoms with Crippen molar-refractivity contribution in [3.8, 4) is 11.1 Å². The molecule has 2 aromatic heterocycles. The van der Waals surface area contributed by atoms with Crippen LogP contribution in [0.5, 0.6) is 0 Å². The van der Waals surface area contributed by atoms with E-state index in [4.69, 9.17) is 10.3 Å². The number of nitrogens with one attached hydrogen (secondary N) is 2. The van der Waals surface area contributed by atoms with Crippen LogP contribution >= 0.6 is 0 Å². The van der Waals surface area contributed by atoms with Crippen molar-refractivity contribution in [2.24, 2.45) is 5.92 Å².